The van der Waals surface area contributed by atoms with Crippen LogP contribution in [-0.4, -0.2) is 40.1 Å². The van der Waals surface area contributed by atoms with Crippen molar-refractivity contribution in [3.63, 3.8) is 0 Å². The number of hydrogen-bond acceptors (Lipinski definition) is 6. The van der Waals surface area contributed by atoms with Crippen molar-refractivity contribution in [1.82, 2.24) is 40.1 Å². The van der Waals surface area contributed by atoms with Gasteiger partial charge in [0.2, 0.25) is 0 Å². The van der Waals surface area contributed by atoms with Gasteiger partial charge in [0.1, 0.15) is 12.0 Å². The molecule has 0 atom stereocenters. The summed E-state index contributed by atoms with van der Waals surface area (Å²) in [6, 6.07) is 11.9. The van der Waals surface area contributed by atoms with Crippen LogP contribution in [0.1, 0.15) is 0 Å². The van der Waals surface area contributed by atoms with E-state index in [4.69, 9.17) is 0 Å². The highest BCUT2D eigenvalue weighted by molar-refractivity contribution is 5.99. The van der Waals surface area contributed by atoms with Crippen LogP contribution in [0.2, 0.25) is 0 Å². The van der Waals surface area contributed by atoms with Crippen molar-refractivity contribution in [3.05, 3.63) is 73.7 Å². The van der Waals surface area contributed by atoms with Gasteiger partial charge in [-0.1, -0.05) is 6.07 Å². The van der Waals surface area contributed by atoms with Crippen LogP contribution in [0.3, 0.4) is 0 Å². The molecule has 0 spiro atoms. The normalized spacial score (nSPS) is 11.3. The van der Waals surface area contributed by atoms with Gasteiger partial charge in [0.05, 0.1) is 17.1 Å². The number of hydrogen-bond donors (Lipinski definition) is 2. The van der Waals surface area contributed by atoms with Crippen LogP contribution in [-0.2, 0) is 0 Å². The third-order valence-electron chi connectivity index (χ3n) is 5.02. The van der Waals surface area contributed by atoms with Gasteiger partial charge < -0.3 is 4.98 Å². The van der Waals surface area contributed by atoms with E-state index in [0.717, 1.165) is 50.2 Å². The van der Waals surface area contributed by atoms with Crippen LogP contribution in [0, 0.1) is 0 Å². The van der Waals surface area contributed by atoms with E-state index in [2.05, 4.69) is 46.2 Å². The summed E-state index contributed by atoms with van der Waals surface area (Å²) in [5.74, 6) is 0. The monoisotopic (exact) mass is 390 g/mol. The average Bonchev–Trinajstić information content (AvgIpc) is 3.43. The molecule has 0 bridgehead atoms. The largest absolute Gasteiger partial charge is 0.353 e. The zero-order valence-corrected chi connectivity index (χ0v) is 15.6. The number of aromatic amines is 2. The number of nitrogens with zero attached hydrogens (tertiary/aromatic N) is 6. The summed E-state index contributed by atoms with van der Waals surface area (Å²) in [4.78, 5) is 25.2. The highest BCUT2D eigenvalue weighted by Gasteiger charge is 2.15. The zero-order valence-electron chi connectivity index (χ0n) is 15.6. The molecule has 6 heterocycles. The van der Waals surface area contributed by atoms with Gasteiger partial charge in [-0.2, -0.15) is 5.10 Å². The predicted octanol–water partition coefficient (Wildman–Crippen LogP) is 4.02. The summed E-state index contributed by atoms with van der Waals surface area (Å²) in [7, 11) is 0. The zero-order chi connectivity index (χ0) is 19.9. The average molecular weight is 390 g/mol. The molecule has 0 amide bonds. The van der Waals surface area contributed by atoms with Crippen LogP contribution < -0.4 is 0 Å². The molecule has 0 aliphatic carbocycles. The molecule has 0 unspecified atom stereocenters. The number of H-pyrrole nitrogens is 2. The molecule has 142 valence electrons. The third-order valence-corrected chi connectivity index (χ3v) is 5.02. The molecule has 6 aromatic rings. The summed E-state index contributed by atoms with van der Waals surface area (Å²) < 4.78 is 0. The molecule has 8 nitrogen and oxygen atoms in total. The van der Waals surface area contributed by atoms with Gasteiger partial charge in [-0.3, -0.25) is 15.1 Å². The Morgan fingerprint density at radius 2 is 1.67 bits per heavy atom. The molecule has 6 rings (SSSR count). The minimum Gasteiger partial charge on any atom is -0.353 e. The van der Waals surface area contributed by atoms with Gasteiger partial charge in [-0.25, -0.2) is 15.0 Å². The maximum atomic E-state index is 4.55. The fourth-order valence-electron chi connectivity index (χ4n) is 3.60. The van der Waals surface area contributed by atoms with Crippen molar-refractivity contribution in [3.8, 4) is 33.9 Å². The van der Waals surface area contributed by atoms with Crippen molar-refractivity contribution in [1.29, 1.82) is 0 Å². The Morgan fingerprint density at radius 1 is 0.733 bits per heavy atom. The minimum atomic E-state index is 0.715. The van der Waals surface area contributed by atoms with Crippen LogP contribution in [0.4, 0.5) is 0 Å². The van der Waals surface area contributed by atoms with E-state index in [9.17, 15) is 0 Å². The molecule has 0 aliphatic heterocycles. The second kappa shape index (κ2) is 6.56. The number of aromatic nitrogens is 8. The van der Waals surface area contributed by atoms with Gasteiger partial charge >= 0.3 is 0 Å². The number of rotatable bonds is 3. The summed E-state index contributed by atoms with van der Waals surface area (Å²) in [5, 5.41) is 9.43. The number of fused-ring (bicyclic) bond motifs is 2. The number of pyridine rings is 3. The van der Waals surface area contributed by atoms with E-state index in [-0.39, 0.29) is 0 Å². The quantitative estimate of drug-likeness (QED) is 0.472. The smallest absolute Gasteiger partial charge is 0.155 e. The van der Waals surface area contributed by atoms with Gasteiger partial charge in [0.25, 0.3) is 0 Å². The molecule has 0 fully saturated rings. The van der Waals surface area contributed by atoms with E-state index in [1.54, 1.807) is 31.0 Å². The Labute approximate surface area is 170 Å². The van der Waals surface area contributed by atoms with Gasteiger partial charge in [-0.15, -0.1) is 0 Å². The first-order chi connectivity index (χ1) is 14.9. The Kier molecular flexibility index (Phi) is 3.60. The lowest BCUT2D eigenvalue weighted by Crippen LogP contribution is -1.86. The standard InChI is InChI=1S/C22H14N8/c1-2-5-25-18(3-1)20-15-8-19(28-17(15)4-6-26-20)21-16-7-13(11-27-22(16)30-29-21)14-9-23-12-24-10-14/h1-12,28H,(H,27,29,30). The Hall–Kier alpha value is -4.46. The summed E-state index contributed by atoms with van der Waals surface area (Å²) >= 11 is 0. The lowest BCUT2D eigenvalue weighted by Gasteiger charge is -2.00. The molecule has 0 saturated heterocycles. The highest BCUT2D eigenvalue weighted by atomic mass is 15.2. The molecule has 0 saturated carbocycles. The first-order valence-electron chi connectivity index (χ1n) is 9.36. The molecule has 0 aromatic carbocycles. The van der Waals surface area contributed by atoms with E-state index >= 15 is 0 Å². The van der Waals surface area contributed by atoms with E-state index in [1.807, 2.05) is 30.3 Å². The maximum Gasteiger partial charge on any atom is 0.155 e. The van der Waals surface area contributed by atoms with E-state index in [0.29, 0.717) is 5.65 Å². The summed E-state index contributed by atoms with van der Waals surface area (Å²) in [6.45, 7) is 0. The van der Waals surface area contributed by atoms with Crippen molar-refractivity contribution in [2.45, 2.75) is 0 Å². The molecule has 30 heavy (non-hydrogen) atoms. The third kappa shape index (κ3) is 2.62. The van der Waals surface area contributed by atoms with E-state index in [1.165, 1.54) is 6.33 Å². The minimum absolute atomic E-state index is 0.715. The second-order valence-electron chi connectivity index (χ2n) is 6.84. The highest BCUT2D eigenvalue weighted by Crippen LogP contribution is 2.33. The Bertz CT molecular complexity index is 1490. The van der Waals surface area contributed by atoms with Crippen LogP contribution >= 0.6 is 0 Å². The first kappa shape index (κ1) is 16.5. The topological polar surface area (TPSA) is 109 Å². The Balaban J connectivity index is 1.52. The predicted molar refractivity (Wildman–Crippen MR) is 113 cm³/mol. The molecule has 6 aromatic heterocycles. The summed E-state index contributed by atoms with van der Waals surface area (Å²) in [6.07, 6.45) is 10.4. The molecule has 2 N–H and O–H groups in total. The molecule has 0 aliphatic rings. The van der Waals surface area contributed by atoms with Crippen molar-refractivity contribution < 1.29 is 0 Å². The molecule has 0 radical (unpaired) electrons. The van der Waals surface area contributed by atoms with Crippen molar-refractivity contribution in [2.75, 3.05) is 0 Å². The maximum absolute atomic E-state index is 4.55. The van der Waals surface area contributed by atoms with E-state index < -0.39 is 0 Å². The van der Waals surface area contributed by atoms with Crippen LogP contribution in [0.15, 0.2) is 73.7 Å². The first-order valence-corrected chi connectivity index (χ1v) is 9.36. The van der Waals surface area contributed by atoms with Crippen LogP contribution in [0.25, 0.3) is 55.8 Å². The molecular weight excluding hydrogens is 376 g/mol. The number of nitrogens with one attached hydrogen (secondary N) is 2. The molecular formula is C22H14N8. The van der Waals surface area contributed by atoms with Gasteiger partial charge in [0.15, 0.2) is 5.65 Å². The second-order valence-corrected chi connectivity index (χ2v) is 6.84. The van der Waals surface area contributed by atoms with Crippen molar-refractivity contribution in [2.24, 2.45) is 0 Å². The Morgan fingerprint density at radius 3 is 2.53 bits per heavy atom. The SMILES string of the molecule is c1ccc(-c2nccc3[nH]c(-c4n[nH]c5ncc(-c6cncnc6)cc45)cc23)nc1. The van der Waals surface area contributed by atoms with Gasteiger partial charge in [-0.05, 0) is 30.3 Å². The van der Waals surface area contributed by atoms with Crippen LogP contribution in [0.5, 0.6) is 0 Å². The lowest BCUT2D eigenvalue weighted by molar-refractivity contribution is 1.10. The molecule has 8 heteroatoms. The van der Waals surface area contributed by atoms with Crippen molar-refractivity contribution >= 4 is 21.9 Å². The lowest BCUT2D eigenvalue weighted by atomic mass is 10.1. The van der Waals surface area contributed by atoms with Gasteiger partial charge in [0, 0.05) is 58.4 Å². The fourth-order valence-corrected chi connectivity index (χ4v) is 3.60. The summed E-state index contributed by atoms with van der Waals surface area (Å²) in [5.41, 5.74) is 6.84. The fraction of sp³-hybridized carbons (Fsp3) is 0.